The number of carbonyl (C=O) groups excluding carboxylic acids is 1. The van der Waals surface area contributed by atoms with Crippen molar-refractivity contribution < 1.29 is 9.53 Å². The Morgan fingerprint density at radius 3 is 2.68 bits per heavy atom. The molecule has 0 unspecified atom stereocenters. The summed E-state index contributed by atoms with van der Waals surface area (Å²) >= 11 is 6.13. The number of likely N-dealkylation sites (tertiary alicyclic amines) is 1. The number of halogens is 1. The largest absolute Gasteiger partial charge is 0.473 e. The lowest BCUT2D eigenvalue weighted by Crippen LogP contribution is -2.41. The van der Waals surface area contributed by atoms with E-state index in [-0.39, 0.29) is 12.0 Å². The Bertz CT molecular complexity index is 1010. The molecule has 0 spiro atoms. The number of nitrogens with zero attached hydrogens (tertiary/aromatic N) is 3. The van der Waals surface area contributed by atoms with Gasteiger partial charge in [-0.05, 0) is 23.8 Å². The van der Waals surface area contributed by atoms with Crippen molar-refractivity contribution >= 4 is 34.4 Å². The van der Waals surface area contributed by atoms with Gasteiger partial charge in [-0.3, -0.25) is 4.79 Å². The lowest BCUT2D eigenvalue weighted by atomic mass is 10.1. The van der Waals surface area contributed by atoms with E-state index in [0.29, 0.717) is 24.0 Å². The van der Waals surface area contributed by atoms with Crippen LogP contribution in [0.1, 0.15) is 18.4 Å². The number of hydrogen-bond acceptors (Lipinski definition) is 4. The summed E-state index contributed by atoms with van der Waals surface area (Å²) in [7, 11) is 0. The van der Waals surface area contributed by atoms with E-state index >= 15 is 0 Å². The molecule has 1 amide bonds. The van der Waals surface area contributed by atoms with E-state index in [1.165, 1.54) is 0 Å². The minimum absolute atomic E-state index is 0.0108. The standard InChI is InChI=1S/C22H20ClN3O2/c23-20-8-4-2-5-16(20)9-10-21(27)26-13-11-18(12-14-26)28-22-19-7-3-1-6-17(19)15-24-25-22/h1-10,15,18H,11-14H2/b10-9+. The van der Waals surface area contributed by atoms with Crippen molar-refractivity contribution in [1.29, 1.82) is 0 Å². The summed E-state index contributed by atoms with van der Waals surface area (Å²) in [6.45, 7) is 1.29. The zero-order valence-corrected chi connectivity index (χ0v) is 16.0. The number of carbonyl (C=O) groups is 1. The molecule has 0 bridgehead atoms. The molecule has 142 valence electrons. The molecule has 1 aliphatic heterocycles. The molecule has 2 aromatic carbocycles. The SMILES string of the molecule is O=C(/C=C/c1ccccc1Cl)N1CCC(Oc2nncc3ccccc23)CC1. The van der Waals surface area contributed by atoms with Gasteiger partial charge in [0.05, 0.1) is 6.20 Å². The van der Waals surface area contributed by atoms with Crippen LogP contribution in [0.4, 0.5) is 0 Å². The molecule has 28 heavy (non-hydrogen) atoms. The molecular formula is C22H20ClN3O2. The van der Waals surface area contributed by atoms with Gasteiger partial charge in [0, 0.05) is 47.8 Å². The van der Waals surface area contributed by atoms with Crippen LogP contribution in [-0.4, -0.2) is 40.2 Å². The highest BCUT2D eigenvalue weighted by Gasteiger charge is 2.23. The van der Waals surface area contributed by atoms with Crippen LogP contribution in [0.25, 0.3) is 16.8 Å². The molecule has 0 saturated carbocycles. The third kappa shape index (κ3) is 4.15. The first-order valence-corrected chi connectivity index (χ1v) is 9.67. The Morgan fingerprint density at radius 1 is 1.11 bits per heavy atom. The molecule has 4 rings (SSSR count). The summed E-state index contributed by atoms with van der Waals surface area (Å²) in [5.41, 5.74) is 0.838. The van der Waals surface area contributed by atoms with Crippen molar-refractivity contribution in [3.05, 3.63) is 71.4 Å². The van der Waals surface area contributed by atoms with E-state index in [4.69, 9.17) is 16.3 Å². The van der Waals surface area contributed by atoms with Gasteiger partial charge in [-0.15, -0.1) is 5.10 Å². The third-order valence-corrected chi connectivity index (χ3v) is 5.22. The summed E-state index contributed by atoms with van der Waals surface area (Å²) < 4.78 is 6.09. The van der Waals surface area contributed by atoms with Crippen molar-refractivity contribution in [1.82, 2.24) is 15.1 Å². The molecule has 1 saturated heterocycles. The zero-order chi connectivity index (χ0) is 19.3. The van der Waals surface area contributed by atoms with Crippen LogP contribution >= 0.6 is 11.6 Å². The highest BCUT2D eigenvalue weighted by molar-refractivity contribution is 6.32. The minimum atomic E-state index is -0.0108. The average molecular weight is 394 g/mol. The van der Waals surface area contributed by atoms with Crippen molar-refractivity contribution in [3.63, 3.8) is 0 Å². The van der Waals surface area contributed by atoms with Crippen molar-refractivity contribution in [3.8, 4) is 5.88 Å². The summed E-state index contributed by atoms with van der Waals surface area (Å²) in [6.07, 6.45) is 6.62. The number of fused-ring (bicyclic) bond motifs is 1. The van der Waals surface area contributed by atoms with Crippen LogP contribution in [0.3, 0.4) is 0 Å². The zero-order valence-electron chi connectivity index (χ0n) is 15.3. The van der Waals surface area contributed by atoms with Gasteiger partial charge in [0.25, 0.3) is 0 Å². The summed E-state index contributed by atoms with van der Waals surface area (Å²) in [5.74, 6) is 0.546. The van der Waals surface area contributed by atoms with Crippen LogP contribution in [0, 0.1) is 0 Å². The predicted octanol–water partition coefficient (Wildman–Crippen LogP) is 4.37. The molecule has 0 aliphatic carbocycles. The Labute approximate surface area is 168 Å². The summed E-state index contributed by atoms with van der Waals surface area (Å²) in [4.78, 5) is 14.3. The first-order chi connectivity index (χ1) is 13.7. The van der Waals surface area contributed by atoms with E-state index < -0.39 is 0 Å². The maximum absolute atomic E-state index is 12.5. The Balaban J connectivity index is 1.35. The number of ether oxygens (including phenoxy) is 1. The van der Waals surface area contributed by atoms with Gasteiger partial charge in [-0.1, -0.05) is 48.0 Å². The van der Waals surface area contributed by atoms with Crippen molar-refractivity contribution in [2.75, 3.05) is 13.1 Å². The smallest absolute Gasteiger partial charge is 0.246 e. The maximum atomic E-state index is 12.5. The molecule has 2 heterocycles. The second kappa shape index (κ2) is 8.40. The van der Waals surface area contributed by atoms with Gasteiger partial charge in [-0.25, -0.2) is 0 Å². The first kappa shape index (κ1) is 18.4. The van der Waals surface area contributed by atoms with Gasteiger partial charge >= 0.3 is 0 Å². The third-order valence-electron chi connectivity index (χ3n) is 4.88. The molecule has 3 aromatic rings. The number of rotatable bonds is 4. The van der Waals surface area contributed by atoms with Crippen molar-refractivity contribution in [2.45, 2.75) is 18.9 Å². The number of piperidine rings is 1. The molecule has 1 aliphatic rings. The van der Waals surface area contributed by atoms with Crippen LogP contribution in [0.5, 0.6) is 5.88 Å². The number of aromatic nitrogens is 2. The number of amides is 1. The second-order valence-corrected chi connectivity index (χ2v) is 7.14. The quantitative estimate of drug-likeness (QED) is 0.618. The Hall–Kier alpha value is -2.92. The van der Waals surface area contributed by atoms with E-state index in [9.17, 15) is 4.79 Å². The van der Waals surface area contributed by atoms with Crippen LogP contribution < -0.4 is 4.74 Å². The molecular weight excluding hydrogens is 374 g/mol. The fourth-order valence-corrected chi connectivity index (χ4v) is 3.52. The molecule has 1 fully saturated rings. The molecule has 6 heteroatoms. The topological polar surface area (TPSA) is 55.3 Å². The highest BCUT2D eigenvalue weighted by atomic mass is 35.5. The van der Waals surface area contributed by atoms with Gasteiger partial charge in [-0.2, -0.15) is 5.10 Å². The molecule has 0 atom stereocenters. The van der Waals surface area contributed by atoms with Crippen LogP contribution in [0.15, 0.2) is 60.8 Å². The van der Waals surface area contributed by atoms with Crippen molar-refractivity contribution in [2.24, 2.45) is 0 Å². The Kier molecular flexibility index (Phi) is 5.53. The molecule has 0 radical (unpaired) electrons. The van der Waals surface area contributed by atoms with E-state index in [1.54, 1.807) is 18.3 Å². The fraction of sp³-hybridized carbons (Fsp3) is 0.227. The Morgan fingerprint density at radius 2 is 1.86 bits per heavy atom. The fourth-order valence-electron chi connectivity index (χ4n) is 3.32. The van der Waals surface area contributed by atoms with Crippen LogP contribution in [0.2, 0.25) is 5.02 Å². The minimum Gasteiger partial charge on any atom is -0.473 e. The highest BCUT2D eigenvalue weighted by Crippen LogP contribution is 2.25. The van der Waals surface area contributed by atoms with Crippen LogP contribution in [-0.2, 0) is 4.79 Å². The molecule has 1 aromatic heterocycles. The average Bonchev–Trinajstić information content (AvgIpc) is 2.74. The summed E-state index contributed by atoms with van der Waals surface area (Å²) in [6, 6.07) is 15.4. The molecule has 5 nitrogen and oxygen atoms in total. The normalized spacial score (nSPS) is 15.2. The van der Waals surface area contributed by atoms with E-state index in [0.717, 1.165) is 29.2 Å². The number of benzene rings is 2. The van der Waals surface area contributed by atoms with Gasteiger partial charge in [0.1, 0.15) is 6.10 Å². The van der Waals surface area contributed by atoms with Gasteiger partial charge in [0.15, 0.2) is 0 Å². The summed E-state index contributed by atoms with van der Waals surface area (Å²) in [5, 5.41) is 10.8. The lowest BCUT2D eigenvalue weighted by molar-refractivity contribution is -0.127. The maximum Gasteiger partial charge on any atom is 0.246 e. The van der Waals surface area contributed by atoms with E-state index in [1.807, 2.05) is 53.4 Å². The molecule has 0 N–H and O–H groups in total. The predicted molar refractivity (Wildman–Crippen MR) is 110 cm³/mol. The number of hydrogen-bond donors (Lipinski definition) is 0. The first-order valence-electron chi connectivity index (χ1n) is 9.29. The lowest BCUT2D eigenvalue weighted by Gasteiger charge is -2.31. The van der Waals surface area contributed by atoms with Gasteiger partial charge in [0.2, 0.25) is 11.8 Å². The van der Waals surface area contributed by atoms with E-state index in [2.05, 4.69) is 10.2 Å². The monoisotopic (exact) mass is 393 g/mol. The van der Waals surface area contributed by atoms with Gasteiger partial charge < -0.3 is 9.64 Å². The second-order valence-electron chi connectivity index (χ2n) is 6.73.